The molecule has 2 amide bonds. The summed E-state index contributed by atoms with van der Waals surface area (Å²) in [6, 6.07) is 17.3. The van der Waals surface area contributed by atoms with Crippen molar-refractivity contribution in [2.45, 2.75) is 37.8 Å². The average molecular weight is 542 g/mol. The van der Waals surface area contributed by atoms with E-state index >= 15 is 0 Å². The molecule has 0 unspecified atom stereocenters. The predicted molar refractivity (Wildman–Crippen MR) is 144 cm³/mol. The van der Waals surface area contributed by atoms with Gasteiger partial charge in [-0.15, -0.1) is 0 Å². The first-order valence-corrected chi connectivity index (χ1v) is 13.5. The van der Waals surface area contributed by atoms with Gasteiger partial charge in [0.05, 0.1) is 17.7 Å². The van der Waals surface area contributed by atoms with Gasteiger partial charge in [-0.2, -0.15) is 0 Å². The molecule has 0 aliphatic heterocycles. The highest BCUT2D eigenvalue weighted by Crippen LogP contribution is 2.26. The third-order valence-corrected chi connectivity index (χ3v) is 7.91. The number of carbonyl (C=O) groups is 2. The van der Waals surface area contributed by atoms with Crippen LogP contribution in [0.4, 0.5) is 10.1 Å². The van der Waals surface area contributed by atoms with Gasteiger partial charge in [0.1, 0.15) is 24.2 Å². The predicted octanol–water partition coefficient (Wildman–Crippen LogP) is 3.89. The monoisotopic (exact) mass is 541 g/mol. The number of aryl methyl sites for hydroxylation is 1. The van der Waals surface area contributed by atoms with Gasteiger partial charge in [0, 0.05) is 13.6 Å². The van der Waals surface area contributed by atoms with E-state index < -0.39 is 34.3 Å². The van der Waals surface area contributed by atoms with Crippen LogP contribution in [0.1, 0.15) is 24.5 Å². The SMILES string of the molecule is CC[C@H](C(=O)NC)N(Cc1cccc(OC)c1)C(=O)CN(c1ccc(F)cc1)S(=O)(=O)c1ccc(C)cc1. The Morgan fingerprint density at radius 3 is 2.26 bits per heavy atom. The number of rotatable bonds is 11. The number of benzene rings is 3. The van der Waals surface area contributed by atoms with Crippen LogP contribution in [0.5, 0.6) is 5.75 Å². The molecule has 38 heavy (non-hydrogen) atoms. The Morgan fingerprint density at radius 1 is 1.03 bits per heavy atom. The molecule has 0 aromatic heterocycles. The Morgan fingerprint density at radius 2 is 1.68 bits per heavy atom. The van der Waals surface area contributed by atoms with Gasteiger partial charge in [-0.05, 0) is 67.4 Å². The highest BCUT2D eigenvalue weighted by atomic mass is 32.2. The maximum Gasteiger partial charge on any atom is 0.264 e. The summed E-state index contributed by atoms with van der Waals surface area (Å²) in [7, 11) is -1.21. The number of sulfonamides is 1. The van der Waals surface area contributed by atoms with Gasteiger partial charge < -0.3 is 15.0 Å². The number of carbonyl (C=O) groups excluding carboxylic acids is 2. The number of halogens is 1. The maximum atomic E-state index is 13.8. The number of hydrogen-bond donors (Lipinski definition) is 1. The van der Waals surface area contributed by atoms with Crippen molar-refractivity contribution in [3.8, 4) is 5.75 Å². The molecule has 0 fully saturated rings. The lowest BCUT2D eigenvalue weighted by molar-refractivity contribution is -0.140. The van der Waals surface area contributed by atoms with Crippen molar-refractivity contribution in [2.75, 3.05) is 25.0 Å². The maximum absolute atomic E-state index is 13.8. The van der Waals surface area contributed by atoms with Crippen LogP contribution < -0.4 is 14.4 Å². The van der Waals surface area contributed by atoms with Crippen LogP contribution >= 0.6 is 0 Å². The van der Waals surface area contributed by atoms with E-state index in [1.807, 2.05) is 6.92 Å². The fourth-order valence-corrected chi connectivity index (χ4v) is 5.44. The second kappa shape index (κ2) is 12.6. The summed E-state index contributed by atoms with van der Waals surface area (Å²) >= 11 is 0. The normalized spacial score (nSPS) is 11.9. The fourth-order valence-electron chi connectivity index (χ4n) is 4.03. The fraction of sp³-hybridized carbons (Fsp3) is 0.286. The highest BCUT2D eigenvalue weighted by Gasteiger charge is 2.33. The Bertz CT molecular complexity index is 1360. The van der Waals surface area contributed by atoms with E-state index in [2.05, 4.69) is 5.32 Å². The Labute approximate surface area is 223 Å². The minimum atomic E-state index is -4.21. The molecular formula is C28H32FN3O5S. The van der Waals surface area contributed by atoms with Crippen LogP contribution in [0.25, 0.3) is 0 Å². The summed E-state index contributed by atoms with van der Waals surface area (Å²) in [6.45, 7) is 3.05. The topological polar surface area (TPSA) is 96.0 Å². The lowest BCUT2D eigenvalue weighted by Gasteiger charge is -2.33. The van der Waals surface area contributed by atoms with E-state index in [4.69, 9.17) is 4.74 Å². The zero-order valence-electron chi connectivity index (χ0n) is 21.8. The van der Waals surface area contributed by atoms with Crippen LogP contribution in [0.2, 0.25) is 0 Å². The number of methoxy groups -OCH3 is 1. The molecular weight excluding hydrogens is 509 g/mol. The number of anilines is 1. The number of nitrogens with one attached hydrogen (secondary N) is 1. The molecule has 202 valence electrons. The van der Waals surface area contributed by atoms with E-state index in [1.165, 1.54) is 43.3 Å². The Hall–Kier alpha value is -3.92. The minimum absolute atomic E-state index is 0.0158. The van der Waals surface area contributed by atoms with Gasteiger partial charge in [0.2, 0.25) is 11.8 Å². The molecule has 3 rings (SSSR count). The lowest BCUT2D eigenvalue weighted by atomic mass is 10.1. The molecule has 0 saturated heterocycles. The van der Waals surface area contributed by atoms with Gasteiger partial charge in [0.25, 0.3) is 10.0 Å². The standard InChI is InChI=1S/C28H32FN3O5S/c1-5-26(28(34)30-3)31(18-21-7-6-8-24(17-21)37-4)27(33)19-32(23-13-11-22(29)12-14-23)38(35,36)25-15-9-20(2)10-16-25/h6-17,26H,5,18-19H2,1-4H3,(H,30,34)/t26-/m1/s1. The first-order valence-electron chi connectivity index (χ1n) is 12.1. The van der Waals surface area contributed by atoms with Gasteiger partial charge in [-0.1, -0.05) is 36.8 Å². The van der Waals surface area contributed by atoms with Crippen molar-refractivity contribution in [2.24, 2.45) is 0 Å². The summed E-state index contributed by atoms with van der Waals surface area (Å²) in [5, 5.41) is 2.58. The molecule has 0 aliphatic rings. The summed E-state index contributed by atoms with van der Waals surface area (Å²) < 4.78 is 47.4. The molecule has 0 radical (unpaired) electrons. The summed E-state index contributed by atoms with van der Waals surface area (Å²) in [6.07, 6.45) is 0.302. The van der Waals surface area contributed by atoms with Crippen molar-refractivity contribution in [3.63, 3.8) is 0 Å². The number of likely N-dealkylation sites (N-methyl/N-ethyl adjacent to an activating group) is 1. The van der Waals surface area contributed by atoms with E-state index in [1.54, 1.807) is 43.3 Å². The molecule has 0 bridgehead atoms. The third kappa shape index (κ3) is 6.69. The summed E-state index contributed by atoms with van der Waals surface area (Å²) in [5.74, 6) is -0.933. The zero-order chi connectivity index (χ0) is 27.9. The number of hydrogen-bond acceptors (Lipinski definition) is 5. The van der Waals surface area contributed by atoms with Crippen molar-refractivity contribution < 1.29 is 27.1 Å². The van der Waals surface area contributed by atoms with Crippen molar-refractivity contribution in [1.82, 2.24) is 10.2 Å². The lowest BCUT2D eigenvalue weighted by Crippen LogP contribution is -2.51. The molecule has 0 spiro atoms. The van der Waals surface area contributed by atoms with Crippen molar-refractivity contribution in [3.05, 3.63) is 89.7 Å². The molecule has 1 atom stereocenters. The molecule has 0 saturated carbocycles. The quantitative estimate of drug-likeness (QED) is 0.397. The highest BCUT2D eigenvalue weighted by molar-refractivity contribution is 7.92. The van der Waals surface area contributed by atoms with E-state index in [0.717, 1.165) is 22.0 Å². The first kappa shape index (κ1) is 28.6. The van der Waals surface area contributed by atoms with E-state index in [0.29, 0.717) is 17.7 Å². The van der Waals surface area contributed by atoms with Crippen LogP contribution in [-0.2, 0) is 26.2 Å². The van der Waals surface area contributed by atoms with Gasteiger partial charge in [-0.3, -0.25) is 13.9 Å². The van der Waals surface area contributed by atoms with E-state index in [9.17, 15) is 22.4 Å². The van der Waals surface area contributed by atoms with Crippen molar-refractivity contribution >= 4 is 27.5 Å². The minimum Gasteiger partial charge on any atom is -0.497 e. The van der Waals surface area contributed by atoms with Crippen LogP contribution in [0.15, 0.2) is 77.7 Å². The third-order valence-electron chi connectivity index (χ3n) is 6.12. The number of nitrogens with zero attached hydrogens (tertiary/aromatic N) is 2. The first-order chi connectivity index (χ1) is 18.1. The second-order valence-corrected chi connectivity index (χ2v) is 10.6. The van der Waals surface area contributed by atoms with Crippen LogP contribution in [0, 0.1) is 12.7 Å². The van der Waals surface area contributed by atoms with Crippen LogP contribution in [-0.4, -0.2) is 51.9 Å². The molecule has 10 heteroatoms. The molecule has 1 N–H and O–H groups in total. The molecule has 8 nitrogen and oxygen atoms in total. The molecule has 3 aromatic carbocycles. The smallest absolute Gasteiger partial charge is 0.264 e. The van der Waals surface area contributed by atoms with Gasteiger partial charge >= 0.3 is 0 Å². The largest absolute Gasteiger partial charge is 0.497 e. The zero-order valence-corrected chi connectivity index (χ0v) is 22.7. The van der Waals surface area contributed by atoms with Gasteiger partial charge in [-0.25, -0.2) is 12.8 Å². The molecule has 0 aliphatic carbocycles. The second-order valence-electron chi connectivity index (χ2n) is 8.71. The Kier molecular flexibility index (Phi) is 9.46. The summed E-state index contributed by atoms with van der Waals surface area (Å²) in [4.78, 5) is 27.9. The number of ether oxygens (including phenoxy) is 1. The average Bonchev–Trinajstić information content (AvgIpc) is 2.92. The summed E-state index contributed by atoms with van der Waals surface area (Å²) in [5.41, 5.74) is 1.69. The number of amides is 2. The van der Waals surface area contributed by atoms with E-state index in [-0.39, 0.29) is 23.0 Å². The Balaban J connectivity index is 2.05. The molecule has 3 aromatic rings. The van der Waals surface area contributed by atoms with Gasteiger partial charge in [0.15, 0.2) is 0 Å². The molecule has 0 heterocycles. The van der Waals surface area contributed by atoms with Crippen molar-refractivity contribution in [1.29, 1.82) is 0 Å². The van der Waals surface area contributed by atoms with Crippen LogP contribution in [0.3, 0.4) is 0 Å².